The second-order valence-electron chi connectivity index (χ2n) is 5.47. The first-order chi connectivity index (χ1) is 8.72. The fraction of sp³-hybridized carbons (Fsp3) is 0.643. The molecule has 18 heavy (non-hydrogen) atoms. The van der Waals surface area contributed by atoms with Gasteiger partial charge in [0, 0.05) is 24.7 Å². The van der Waals surface area contributed by atoms with Crippen molar-refractivity contribution in [2.45, 2.75) is 18.8 Å². The number of hydrogen-bond acceptors (Lipinski definition) is 4. The molecule has 1 saturated carbocycles. The molecule has 0 aromatic heterocycles. The second kappa shape index (κ2) is 3.45. The molecule has 0 aromatic carbocycles. The smallest absolute Gasteiger partial charge is 0.303 e. The van der Waals surface area contributed by atoms with E-state index in [1.54, 1.807) is 0 Å². The molecule has 5 atom stereocenters. The van der Waals surface area contributed by atoms with Gasteiger partial charge in [-0.15, -0.1) is 0 Å². The van der Waals surface area contributed by atoms with Gasteiger partial charge in [-0.1, -0.05) is 18.2 Å². The number of hydrogen-bond donors (Lipinski definition) is 0. The Morgan fingerprint density at radius 3 is 2.61 bits per heavy atom. The van der Waals surface area contributed by atoms with Crippen molar-refractivity contribution in [3.8, 4) is 0 Å². The van der Waals surface area contributed by atoms with E-state index in [9.17, 15) is 4.79 Å². The number of carbonyl (C=O) groups excluding carboxylic acids is 1. The highest BCUT2D eigenvalue weighted by Crippen LogP contribution is 2.61. The molecule has 0 amide bonds. The zero-order valence-corrected chi connectivity index (χ0v) is 10.2. The largest absolute Gasteiger partial charge is 0.458 e. The Morgan fingerprint density at radius 1 is 1.17 bits per heavy atom. The molecule has 2 bridgehead atoms. The molecule has 4 aliphatic rings. The molecule has 2 fully saturated rings. The third kappa shape index (κ3) is 1.15. The van der Waals surface area contributed by atoms with Crippen LogP contribution in [0.5, 0.6) is 0 Å². The van der Waals surface area contributed by atoms with E-state index in [0.717, 1.165) is 0 Å². The number of rotatable bonds is 1. The van der Waals surface area contributed by atoms with Crippen LogP contribution < -0.4 is 0 Å². The Bertz CT molecular complexity index is 447. The fourth-order valence-corrected chi connectivity index (χ4v) is 4.18. The average molecular weight is 248 g/mol. The monoisotopic (exact) mass is 248 g/mol. The zero-order valence-electron chi connectivity index (χ0n) is 10.2. The maximum Gasteiger partial charge on any atom is 0.303 e. The lowest BCUT2D eigenvalue weighted by atomic mass is 9.84. The van der Waals surface area contributed by atoms with E-state index in [2.05, 4.69) is 18.2 Å². The summed E-state index contributed by atoms with van der Waals surface area (Å²) >= 11 is 0. The molecular weight excluding hydrogens is 232 g/mol. The number of allylic oxidation sites excluding steroid dienone is 1. The highest BCUT2D eigenvalue weighted by molar-refractivity contribution is 5.66. The predicted molar refractivity (Wildman–Crippen MR) is 62.4 cm³/mol. The highest BCUT2D eigenvalue weighted by atomic mass is 16.7. The maximum absolute atomic E-state index is 11.2. The molecule has 4 rings (SSSR count). The van der Waals surface area contributed by atoms with Gasteiger partial charge in [0.25, 0.3) is 0 Å². The first kappa shape index (κ1) is 10.8. The molecule has 0 aromatic rings. The predicted octanol–water partition coefficient (Wildman–Crippen LogP) is 1.28. The van der Waals surface area contributed by atoms with Gasteiger partial charge in [-0.05, 0) is 12.0 Å². The third-order valence-electron chi connectivity index (χ3n) is 4.67. The lowest BCUT2D eigenvalue weighted by Gasteiger charge is -2.30. The highest BCUT2D eigenvalue weighted by Gasteiger charge is 2.67. The van der Waals surface area contributed by atoms with Gasteiger partial charge in [-0.2, -0.15) is 0 Å². The molecule has 0 unspecified atom stereocenters. The standard InChI is InChI=1S/C14H16O4/c1-8(15)18-12-5-2-9-10-3-4-11(13(9)12)14(10)16-6-7-17-14/h2-5,9-13H,6-7H2,1H3/t9-,10+,11+,12-,13-/m1/s1. The first-order valence-electron chi connectivity index (χ1n) is 6.54. The summed E-state index contributed by atoms with van der Waals surface area (Å²) in [6, 6.07) is 0. The normalized spacial score (nSPS) is 45.9. The molecule has 96 valence electrons. The van der Waals surface area contributed by atoms with Crippen LogP contribution in [0, 0.1) is 23.7 Å². The van der Waals surface area contributed by atoms with E-state index in [1.165, 1.54) is 6.92 Å². The Balaban J connectivity index is 1.67. The topological polar surface area (TPSA) is 44.8 Å². The van der Waals surface area contributed by atoms with Crippen LogP contribution in [0.25, 0.3) is 0 Å². The van der Waals surface area contributed by atoms with Gasteiger partial charge in [0.05, 0.1) is 13.2 Å². The third-order valence-corrected chi connectivity index (χ3v) is 4.67. The fourth-order valence-electron chi connectivity index (χ4n) is 4.18. The van der Waals surface area contributed by atoms with Gasteiger partial charge in [0.2, 0.25) is 0 Å². The summed E-state index contributed by atoms with van der Waals surface area (Å²) in [4.78, 5) is 11.2. The lowest BCUT2D eigenvalue weighted by Crippen LogP contribution is -2.39. The molecule has 4 nitrogen and oxygen atoms in total. The maximum atomic E-state index is 11.2. The van der Waals surface area contributed by atoms with Crippen LogP contribution in [0.1, 0.15) is 6.92 Å². The SMILES string of the molecule is CC(=O)O[C@@H]1C=C[C@H]2[C@@H]1[C@@H]1C=C[C@@H]2C12OCCO2. The average Bonchev–Trinajstić information content (AvgIpc) is 3.05. The molecular formula is C14H16O4. The summed E-state index contributed by atoms with van der Waals surface area (Å²) in [6.45, 7) is 2.79. The minimum absolute atomic E-state index is 0.128. The zero-order chi connectivity index (χ0) is 12.3. The first-order valence-corrected chi connectivity index (χ1v) is 6.54. The Hall–Kier alpha value is -1.13. The minimum Gasteiger partial charge on any atom is -0.458 e. The molecule has 1 heterocycles. The summed E-state index contributed by atoms with van der Waals surface area (Å²) < 4.78 is 17.2. The quantitative estimate of drug-likeness (QED) is 0.518. The van der Waals surface area contributed by atoms with E-state index in [1.807, 2.05) is 6.08 Å². The van der Waals surface area contributed by atoms with Crippen molar-refractivity contribution in [3.63, 3.8) is 0 Å². The van der Waals surface area contributed by atoms with Crippen molar-refractivity contribution in [1.82, 2.24) is 0 Å². The molecule has 4 heteroatoms. The van der Waals surface area contributed by atoms with Crippen LogP contribution in [-0.2, 0) is 19.0 Å². The van der Waals surface area contributed by atoms with Crippen molar-refractivity contribution in [1.29, 1.82) is 0 Å². The van der Waals surface area contributed by atoms with E-state index < -0.39 is 5.79 Å². The molecule has 3 aliphatic carbocycles. The Morgan fingerprint density at radius 2 is 1.89 bits per heavy atom. The van der Waals surface area contributed by atoms with Gasteiger partial charge >= 0.3 is 5.97 Å². The Labute approximate surface area is 106 Å². The number of ether oxygens (including phenoxy) is 3. The number of fused-ring (bicyclic) bond motifs is 3. The van der Waals surface area contributed by atoms with E-state index in [4.69, 9.17) is 14.2 Å². The molecule has 1 spiro atoms. The van der Waals surface area contributed by atoms with E-state index in [0.29, 0.717) is 19.1 Å². The van der Waals surface area contributed by atoms with Crippen LogP contribution in [0.3, 0.4) is 0 Å². The van der Waals surface area contributed by atoms with Gasteiger partial charge in [-0.3, -0.25) is 4.79 Å². The minimum atomic E-state index is -0.474. The summed E-state index contributed by atoms with van der Waals surface area (Å²) in [6.07, 6.45) is 8.44. The van der Waals surface area contributed by atoms with Crippen molar-refractivity contribution in [2.75, 3.05) is 13.2 Å². The van der Waals surface area contributed by atoms with E-state index >= 15 is 0 Å². The van der Waals surface area contributed by atoms with Crippen LogP contribution in [-0.4, -0.2) is 31.1 Å². The van der Waals surface area contributed by atoms with Gasteiger partial charge in [0.15, 0.2) is 5.79 Å². The summed E-state index contributed by atoms with van der Waals surface area (Å²) in [5, 5.41) is 0. The van der Waals surface area contributed by atoms with Crippen molar-refractivity contribution in [3.05, 3.63) is 24.3 Å². The van der Waals surface area contributed by atoms with Crippen molar-refractivity contribution >= 4 is 5.97 Å². The van der Waals surface area contributed by atoms with Crippen LogP contribution >= 0.6 is 0 Å². The number of esters is 1. The second-order valence-corrected chi connectivity index (χ2v) is 5.47. The van der Waals surface area contributed by atoms with E-state index in [-0.39, 0.29) is 29.8 Å². The lowest BCUT2D eigenvalue weighted by molar-refractivity contribution is -0.190. The van der Waals surface area contributed by atoms with Crippen LogP contribution in [0.4, 0.5) is 0 Å². The molecule has 1 saturated heterocycles. The van der Waals surface area contributed by atoms with Crippen LogP contribution in [0.2, 0.25) is 0 Å². The molecule has 1 aliphatic heterocycles. The summed E-state index contributed by atoms with van der Waals surface area (Å²) in [5.41, 5.74) is 0. The Kier molecular flexibility index (Phi) is 2.07. The van der Waals surface area contributed by atoms with Crippen LogP contribution in [0.15, 0.2) is 24.3 Å². The molecule has 0 N–H and O–H groups in total. The number of carbonyl (C=O) groups is 1. The summed E-state index contributed by atoms with van der Waals surface area (Å²) in [5.74, 6) is 0.434. The summed E-state index contributed by atoms with van der Waals surface area (Å²) in [7, 11) is 0. The van der Waals surface area contributed by atoms with Gasteiger partial charge < -0.3 is 14.2 Å². The molecule has 0 radical (unpaired) electrons. The van der Waals surface area contributed by atoms with Gasteiger partial charge in [0.1, 0.15) is 6.10 Å². The van der Waals surface area contributed by atoms with Crippen molar-refractivity contribution < 1.29 is 19.0 Å². The van der Waals surface area contributed by atoms with Gasteiger partial charge in [-0.25, -0.2) is 0 Å². The van der Waals surface area contributed by atoms with Crippen molar-refractivity contribution in [2.24, 2.45) is 23.7 Å².